The molecule has 0 bridgehead atoms. The molecule has 2 aromatic carbocycles. The summed E-state index contributed by atoms with van der Waals surface area (Å²) in [6, 6.07) is 17.6. The van der Waals surface area contributed by atoms with Gasteiger partial charge in [-0.1, -0.05) is 40.2 Å². The first-order chi connectivity index (χ1) is 16.5. The maximum atomic E-state index is 12.8. The van der Waals surface area contributed by atoms with Crippen molar-refractivity contribution in [2.24, 2.45) is 5.10 Å². The molecule has 1 aliphatic rings. The Balaban J connectivity index is 1.35. The van der Waals surface area contributed by atoms with Gasteiger partial charge >= 0.3 is 11.8 Å². The lowest BCUT2D eigenvalue weighted by molar-refractivity contribution is -0.136. The molecular formula is C24H21BrN4O5. The van der Waals surface area contributed by atoms with E-state index < -0.39 is 11.8 Å². The van der Waals surface area contributed by atoms with E-state index in [0.717, 1.165) is 10.0 Å². The van der Waals surface area contributed by atoms with Crippen LogP contribution in [-0.4, -0.2) is 55.1 Å². The van der Waals surface area contributed by atoms with Gasteiger partial charge in [0.2, 0.25) is 0 Å². The molecule has 10 heteroatoms. The Hall–Kier alpha value is -3.76. The Kier molecular flexibility index (Phi) is 7.51. The average Bonchev–Trinajstić information content (AvgIpc) is 3.33. The minimum absolute atomic E-state index is 0.239. The highest BCUT2D eigenvalue weighted by Gasteiger charge is 2.22. The molecule has 0 aliphatic carbocycles. The van der Waals surface area contributed by atoms with Crippen LogP contribution in [0.2, 0.25) is 0 Å². The van der Waals surface area contributed by atoms with Crippen LogP contribution in [0, 0.1) is 0 Å². The van der Waals surface area contributed by atoms with Crippen LogP contribution in [-0.2, 0) is 14.3 Å². The lowest BCUT2D eigenvalue weighted by atomic mass is 10.1. The third-order valence-corrected chi connectivity index (χ3v) is 5.55. The van der Waals surface area contributed by atoms with E-state index in [1.165, 1.54) is 6.21 Å². The SMILES string of the molecule is O=C(NN=Cc1ccc(-c2ccc(Br)cc2)o1)C(=O)Nc1ccccc1C(=O)N1CCOCC1. The van der Waals surface area contributed by atoms with E-state index in [-0.39, 0.29) is 11.6 Å². The quantitative estimate of drug-likeness (QED) is 0.302. The average molecular weight is 525 g/mol. The lowest BCUT2D eigenvalue weighted by Gasteiger charge is -2.27. The summed E-state index contributed by atoms with van der Waals surface area (Å²) in [5, 5.41) is 6.26. The number of halogens is 1. The van der Waals surface area contributed by atoms with E-state index in [1.807, 2.05) is 24.3 Å². The van der Waals surface area contributed by atoms with Crippen LogP contribution >= 0.6 is 15.9 Å². The predicted octanol–water partition coefficient (Wildman–Crippen LogP) is 3.27. The number of ether oxygens (including phenoxy) is 1. The van der Waals surface area contributed by atoms with Gasteiger partial charge in [-0.25, -0.2) is 5.43 Å². The first-order valence-corrected chi connectivity index (χ1v) is 11.3. The number of nitrogens with zero attached hydrogens (tertiary/aromatic N) is 2. The molecule has 2 N–H and O–H groups in total. The summed E-state index contributed by atoms with van der Waals surface area (Å²) in [7, 11) is 0. The number of para-hydroxylation sites is 1. The fourth-order valence-electron chi connectivity index (χ4n) is 3.29. The number of hydrogen-bond donors (Lipinski definition) is 2. The highest BCUT2D eigenvalue weighted by atomic mass is 79.9. The molecule has 1 fully saturated rings. The molecule has 3 aromatic rings. The minimum Gasteiger partial charge on any atom is -0.455 e. The number of carbonyl (C=O) groups is 3. The number of rotatable bonds is 5. The van der Waals surface area contributed by atoms with Gasteiger partial charge < -0.3 is 19.4 Å². The number of benzene rings is 2. The summed E-state index contributed by atoms with van der Waals surface area (Å²) in [5.41, 5.74) is 3.59. The molecule has 34 heavy (non-hydrogen) atoms. The van der Waals surface area contributed by atoms with Crippen molar-refractivity contribution >= 4 is 45.6 Å². The van der Waals surface area contributed by atoms with Crippen LogP contribution < -0.4 is 10.7 Å². The molecule has 1 saturated heterocycles. The summed E-state index contributed by atoms with van der Waals surface area (Å²) in [4.78, 5) is 39.0. The molecule has 1 aromatic heterocycles. The van der Waals surface area contributed by atoms with E-state index in [2.05, 4.69) is 31.8 Å². The third-order valence-electron chi connectivity index (χ3n) is 5.02. The second-order valence-corrected chi connectivity index (χ2v) is 8.23. The van der Waals surface area contributed by atoms with Crippen molar-refractivity contribution < 1.29 is 23.5 Å². The number of nitrogens with one attached hydrogen (secondary N) is 2. The molecule has 1 aliphatic heterocycles. The number of furan rings is 1. The van der Waals surface area contributed by atoms with Crippen LogP contribution in [0.3, 0.4) is 0 Å². The van der Waals surface area contributed by atoms with E-state index in [1.54, 1.807) is 41.3 Å². The summed E-state index contributed by atoms with van der Waals surface area (Å²) < 4.78 is 11.9. The molecule has 0 spiro atoms. The summed E-state index contributed by atoms with van der Waals surface area (Å²) >= 11 is 3.38. The van der Waals surface area contributed by atoms with E-state index in [0.29, 0.717) is 43.4 Å². The maximum absolute atomic E-state index is 12.8. The van der Waals surface area contributed by atoms with Crippen molar-refractivity contribution in [3.8, 4) is 11.3 Å². The Morgan fingerprint density at radius 1 is 0.941 bits per heavy atom. The first kappa shape index (κ1) is 23.4. The van der Waals surface area contributed by atoms with Gasteiger partial charge in [0.1, 0.15) is 11.5 Å². The van der Waals surface area contributed by atoms with Gasteiger partial charge in [-0.2, -0.15) is 5.10 Å². The zero-order chi connectivity index (χ0) is 23.9. The molecule has 4 rings (SSSR count). The Morgan fingerprint density at radius 2 is 1.68 bits per heavy atom. The molecule has 0 unspecified atom stereocenters. The Bertz CT molecular complexity index is 1220. The van der Waals surface area contributed by atoms with Gasteiger partial charge in [0.25, 0.3) is 5.91 Å². The largest absolute Gasteiger partial charge is 0.455 e. The monoisotopic (exact) mass is 524 g/mol. The third kappa shape index (κ3) is 5.77. The Labute approximate surface area is 203 Å². The van der Waals surface area contributed by atoms with Crippen LogP contribution in [0.15, 0.2) is 74.7 Å². The minimum atomic E-state index is -0.982. The van der Waals surface area contributed by atoms with E-state index >= 15 is 0 Å². The van der Waals surface area contributed by atoms with E-state index in [9.17, 15) is 14.4 Å². The predicted molar refractivity (Wildman–Crippen MR) is 129 cm³/mol. The van der Waals surface area contributed by atoms with Gasteiger partial charge in [-0.3, -0.25) is 14.4 Å². The van der Waals surface area contributed by atoms with Crippen molar-refractivity contribution in [1.82, 2.24) is 10.3 Å². The van der Waals surface area contributed by atoms with Crippen molar-refractivity contribution in [2.45, 2.75) is 0 Å². The van der Waals surface area contributed by atoms with Crippen LogP contribution in [0.25, 0.3) is 11.3 Å². The lowest BCUT2D eigenvalue weighted by Crippen LogP contribution is -2.41. The summed E-state index contributed by atoms with van der Waals surface area (Å²) in [5.74, 6) is -1.13. The molecule has 0 radical (unpaired) electrons. The number of anilines is 1. The molecule has 9 nitrogen and oxygen atoms in total. The first-order valence-electron chi connectivity index (χ1n) is 10.5. The van der Waals surface area contributed by atoms with Crippen LogP contribution in [0.1, 0.15) is 16.1 Å². The van der Waals surface area contributed by atoms with Crippen molar-refractivity contribution in [3.05, 3.63) is 76.5 Å². The molecular weight excluding hydrogens is 504 g/mol. The number of carbonyl (C=O) groups excluding carboxylic acids is 3. The standard InChI is InChI=1S/C24H21BrN4O5/c25-17-7-5-16(6-8-17)21-10-9-18(34-21)15-26-28-23(31)22(30)27-20-4-2-1-3-19(20)24(32)29-11-13-33-14-12-29/h1-10,15H,11-14H2,(H,27,30)(H,28,31). The van der Waals surface area contributed by atoms with Crippen LogP contribution in [0.4, 0.5) is 5.69 Å². The second-order valence-electron chi connectivity index (χ2n) is 7.31. The maximum Gasteiger partial charge on any atom is 0.329 e. The van der Waals surface area contributed by atoms with Crippen molar-refractivity contribution in [2.75, 3.05) is 31.6 Å². The summed E-state index contributed by atoms with van der Waals surface area (Å²) in [6.07, 6.45) is 1.30. The van der Waals surface area contributed by atoms with Crippen molar-refractivity contribution in [1.29, 1.82) is 0 Å². The molecule has 2 heterocycles. The molecule has 3 amide bonds. The highest BCUT2D eigenvalue weighted by Crippen LogP contribution is 2.23. The topological polar surface area (TPSA) is 113 Å². The smallest absolute Gasteiger partial charge is 0.329 e. The van der Waals surface area contributed by atoms with Crippen molar-refractivity contribution in [3.63, 3.8) is 0 Å². The van der Waals surface area contributed by atoms with Gasteiger partial charge in [-0.15, -0.1) is 0 Å². The Morgan fingerprint density at radius 3 is 2.44 bits per heavy atom. The number of morpholine rings is 1. The van der Waals surface area contributed by atoms with Gasteiger partial charge in [0.15, 0.2) is 0 Å². The zero-order valence-electron chi connectivity index (χ0n) is 18.0. The van der Waals surface area contributed by atoms with Gasteiger partial charge in [0.05, 0.1) is 30.7 Å². The molecule has 174 valence electrons. The van der Waals surface area contributed by atoms with E-state index in [4.69, 9.17) is 9.15 Å². The summed E-state index contributed by atoms with van der Waals surface area (Å²) in [6.45, 7) is 1.85. The fraction of sp³-hybridized carbons (Fsp3) is 0.167. The molecule has 0 saturated carbocycles. The number of hydrogen-bond acceptors (Lipinski definition) is 6. The normalized spacial score (nSPS) is 13.6. The van der Waals surface area contributed by atoms with Gasteiger partial charge in [-0.05, 0) is 36.4 Å². The number of hydrazone groups is 1. The highest BCUT2D eigenvalue weighted by molar-refractivity contribution is 9.10. The fourth-order valence-corrected chi connectivity index (χ4v) is 3.56. The van der Waals surface area contributed by atoms with Crippen LogP contribution in [0.5, 0.6) is 0 Å². The second kappa shape index (κ2) is 10.9. The zero-order valence-corrected chi connectivity index (χ0v) is 19.6. The van der Waals surface area contributed by atoms with Gasteiger partial charge in [0, 0.05) is 23.1 Å². The number of amides is 3. The molecule has 0 atom stereocenters.